The number of carbonyl (C=O) groups excluding carboxylic acids is 1. The Kier molecular flexibility index (Phi) is 5.69. The summed E-state index contributed by atoms with van der Waals surface area (Å²) in [6, 6.07) is 11.2. The molecule has 0 saturated carbocycles. The first kappa shape index (κ1) is 16.7. The third-order valence-electron chi connectivity index (χ3n) is 3.26. The van der Waals surface area contributed by atoms with Crippen molar-refractivity contribution in [2.45, 2.75) is 20.3 Å². The molecule has 0 aliphatic carbocycles. The molecule has 0 fully saturated rings. The van der Waals surface area contributed by atoms with E-state index in [-0.39, 0.29) is 5.91 Å². The molecule has 0 spiro atoms. The maximum atomic E-state index is 12.0. The van der Waals surface area contributed by atoms with E-state index in [4.69, 9.17) is 23.2 Å². The third kappa shape index (κ3) is 4.65. The van der Waals surface area contributed by atoms with E-state index < -0.39 is 0 Å². The topological polar surface area (TPSA) is 41.1 Å². The van der Waals surface area contributed by atoms with Crippen LogP contribution in [0, 0.1) is 13.8 Å². The Bertz CT molecular complexity index is 686. The lowest BCUT2D eigenvalue weighted by molar-refractivity contribution is -0.115. The number of aryl methyl sites for hydroxylation is 2. The zero-order valence-corrected chi connectivity index (χ0v) is 14.1. The fourth-order valence-electron chi connectivity index (χ4n) is 2.04. The highest BCUT2D eigenvalue weighted by Crippen LogP contribution is 2.25. The van der Waals surface area contributed by atoms with Crippen molar-refractivity contribution < 1.29 is 4.79 Å². The standard InChI is InChI=1S/C17H18Cl2N2O/c1-11-3-4-12(2)15(9-11)20-8-7-17(22)21-16-10-13(18)5-6-14(16)19/h3-6,9-10,20H,7-8H2,1-2H3,(H,21,22). The van der Waals surface area contributed by atoms with Crippen molar-refractivity contribution >= 4 is 40.5 Å². The Morgan fingerprint density at radius 2 is 1.82 bits per heavy atom. The van der Waals surface area contributed by atoms with Gasteiger partial charge in [-0.15, -0.1) is 0 Å². The molecule has 0 atom stereocenters. The predicted octanol–water partition coefficient (Wildman–Crippen LogP) is 5.05. The SMILES string of the molecule is Cc1ccc(C)c(NCCC(=O)Nc2cc(Cl)ccc2Cl)c1. The summed E-state index contributed by atoms with van der Waals surface area (Å²) in [5.74, 6) is -0.109. The predicted molar refractivity (Wildman–Crippen MR) is 94.1 cm³/mol. The van der Waals surface area contributed by atoms with Gasteiger partial charge in [0.1, 0.15) is 0 Å². The van der Waals surface area contributed by atoms with E-state index in [1.54, 1.807) is 18.2 Å². The highest BCUT2D eigenvalue weighted by atomic mass is 35.5. The number of hydrogen-bond donors (Lipinski definition) is 2. The summed E-state index contributed by atoms with van der Waals surface area (Å²) in [6.45, 7) is 4.63. The third-order valence-corrected chi connectivity index (χ3v) is 3.83. The maximum absolute atomic E-state index is 12.0. The average molecular weight is 337 g/mol. The van der Waals surface area contributed by atoms with Gasteiger partial charge in [0.25, 0.3) is 0 Å². The van der Waals surface area contributed by atoms with Gasteiger partial charge in [-0.2, -0.15) is 0 Å². The van der Waals surface area contributed by atoms with Gasteiger partial charge in [0.15, 0.2) is 0 Å². The minimum Gasteiger partial charge on any atom is -0.384 e. The van der Waals surface area contributed by atoms with Gasteiger partial charge in [-0.05, 0) is 49.2 Å². The van der Waals surface area contributed by atoms with Crippen molar-refractivity contribution in [2.75, 3.05) is 17.2 Å². The van der Waals surface area contributed by atoms with Gasteiger partial charge in [-0.1, -0.05) is 35.3 Å². The molecular weight excluding hydrogens is 319 g/mol. The number of anilines is 2. The second-order valence-corrected chi connectivity index (χ2v) is 6.01. The summed E-state index contributed by atoms with van der Waals surface area (Å²) in [5, 5.41) is 7.05. The van der Waals surface area contributed by atoms with Crippen LogP contribution in [0.1, 0.15) is 17.5 Å². The van der Waals surface area contributed by atoms with Gasteiger partial charge in [-0.3, -0.25) is 4.79 Å². The van der Waals surface area contributed by atoms with Crippen LogP contribution in [-0.2, 0) is 4.79 Å². The van der Waals surface area contributed by atoms with Crippen LogP contribution in [0.3, 0.4) is 0 Å². The molecule has 116 valence electrons. The number of rotatable bonds is 5. The zero-order valence-electron chi connectivity index (χ0n) is 12.5. The fourth-order valence-corrected chi connectivity index (χ4v) is 2.38. The zero-order chi connectivity index (χ0) is 16.1. The van der Waals surface area contributed by atoms with E-state index in [1.807, 2.05) is 13.8 Å². The smallest absolute Gasteiger partial charge is 0.226 e. The van der Waals surface area contributed by atoms with Crippen LogP contribution in [0.2, 0.25) is 10.0 Å². The molecule has 2 N–H and O–H groups in total. The molecule has 0 unspecified atom stereocenters. The van der Waals surface area contributed by atoms with E-state index >= 15 is 0 Å². The van der Waals surface area contributed by atoms with Gasteiger partial charge in [0, 0.05) is 23.7 Å². The van der Waals surface area contributed by atoms with Crippen molar-refractivity contribution in [3.05, 3.63) is 57.6 Å². The largest absolute Gasteiger partial charge is 0.384 e. The van der Waals surface area contributed by atoms with Gasteiger partial charge in [0.2, 0.25) is 5.91 Å². The molecule has 2 rings (SSSR count). The summed E-state index contributed by atoms with van der Waals surface area (Å²) in [5.41, 5.74) is 3.92. The molecule has 0 heterocycles. The van der Waals surface area contributed by atoms with Crippen molar-refractivity contribution in [3.63, 3.8) is 0 Å². The number of halogens is 2. The van der Waals surface area contributed by atoms with Crippen molar-refractivity contribution in [3.8, 4) is 0 Å². The molecule has 22 heavy (non-hydrogen) atoms. The van der Waals surface area contributed by atoms with Crippen LogP contribution >= 0.6 is 23.2 Å². The summed E-state index contributed by atoms with van der Waals surface area (Å²) in [7, 11) is 0. The Morgan fingerprint density at radius 1 is 1.05 bits per heavy atom. The van der Waals surface area contributed by atoms with Crippen molar-refractivity contribution in [1.29, 1.82) is 0 Å². The molecule has 0 aliphatic heterocycles. The first-order chi connectivity index (χ1) is 10.5. The minimum absolute atomic E-state index is 0.109. The maximum Gasteiger partial charge on any atom is 0.226 e. The summed E-state index contributed by atoms with van der Waals surface area (Å²) >= 11 is 11.9. The molecule has 2 aromatic carbocycles. The lowest BCUT2D eigenvalue weighted by atomic mass is 10.1. The number of amides is 1. The highest BCUT2D eigenvalue weighted by Gasteiger charge is 2.07. The Hall–Kier alpha value is -1.71. The summed E-state index contributed by atoms with van der Waals surface area (Å²) in [6.07, 6.45) is 0.343. The Labute approximate surface area is 140 Å². The van der Waals surface area contributed by atoms with Crippen LogP contribution in [0.15, 0.2) is 36.4 Å². The van der Waals surface area contributed by atoms with Gasteiger partial charge in [0.05, 0.1) is 10.7 Å². The van der Waals surface area contributed by atoms with Crippen LogP contribution in [0.25, 0.3) is 0 Å². The van der Waals surface area contributed by atoms with Crippen LogP contribution in [0.5, 0.6) is 0 Å². The second-order valence-electron chi connectivity index (χ2n) is 5.17. The molecular formula is C17H18Cl2N2O. The minimum atomic E-state index is -0.109. The normalized spacial score (nSPS) is 10.4. The van der Waals surface area contributed by atoms with Crippen LogP contribution in [0.4, 0.5) is 11.4 Å². The Morgan fingerprint density at radius 3 is 2.59 bits per heavy atom. The lowest BCUT2D eigenvalue weighted by Gasteiger charge is -2.11. The monoisotopic (exact) mass is 336 g/mol. The molecule has 0 aromatic heterocycles. The van der Waals surface area contributed by atoms with Gasteiger partial charge >= 0.3 is 0 Å². The number of carbonyl (C=O) groups is 1. The average Bonchev–Trinajstić information content (AvgIpc) is 2.46. The number of hydrogen-bond acceptors (Lipinski definition) is 2. The molecule has 3 nitrogen and oxygen atoms in total. The van der Waals surface area contributed by atoms with Crippen LogP contribution in [-0.4, -0.2) is 12.5 Å². The summed E-state index contributed by atoms with van der Waals surface area (Å²) < 4.78 is 0. The number of nitrogens with one attached hydrogen (secondary N) is 2. The summed E-state index contributed by atoms with van der Waals surface area (Å²) in [4.78, 5) is 12.0. The lowest BCUT2D eigenvalue weighted by Crippen LogP contribution is -2.16. The molecule has 5 heteroatoms. The van der Waals surface area contributed by atoms with E-state index in [0.717, 1.165) is 11.3 Å². The van der Waals surface area contributed by atoms with E-state index in [1.165, 1.54) is 5.56 Å². The fraction of sp³-hybridized carbons (Fsp3) is 0.235. The number of benzene rings is 2. The highest BCUT2D eigenvalue weighted by molar-refractivity contribution is 6.35. The second kappa shape index (κ2) is 7.52. The van der Waals surface area contributed by atoms with Crippen molar-refractivity contribution in [2.24, 2.45) is 0 Å². The van der Waals surface area contributed by atoms with Gasteiger partial charge in [-0.25, -0.2) is 0 Å². The first-order valence-corrected chi connectivity index (χ1v) is 7.77. The molecule has 1 amide bonds. The van der Waals surface area contributed by atoms with Crippen molar-refractivity contribution in [1.82, 2.24) is 0 Å². The molecule has 2 aromatic rings. The van der Waals surface area contributed by atoms with E-state index in [2.05, 4.69) is 28.8 Å². The van der Waals surface area contributed by atoms with E-state index in [0.29, 0.717) is 28.7 Å². The molecule has 0 saturated heterocycles. The van der Waals surface area contributed by atoms with Crippen LogP contribution < -0.4 is 10.6 Å². The van der Waals surface area contributed by atoms with E-state index in [9.17, 15) is 4.79 Å². The molecule has 0 bridgehead atoms. The Balaban J connectivity index is 1.88. The molecule has 0 aliphatic rings. The van der Waals surface area contributed by atoms with Gasteiger partial charge < -0.3 is 10.6 Å². The first-order valence-electron chi connectivity index (χ1n) is 7.02. The molecule has 0 radical (unpaired) electrons. The quantitative estimate of drug-likeness (QED) is 0.801.